The van der Waals surface area contributed by atoms with Gasteiger partial charge in [-0.3, -0.25) is 9.40 Å². The van der Waals surface area contributed by atoms with Crippen LogP contribution in [-0.2, 0) is 23.0 Å². The zero-order valence-electron chi connectivity index (χ0n) is 16.0. The average molecular weight is 491 g/mol. The number of aromatic nitrogens is 2. The Labute approximate surface area is 189 Å². The molecule has 0 bridgehead atoms. The van der Waals surface area contributed by atoms with Crippen LogP contribution in [0.4, 0.5) is 5.69 Å². The van der Waals surface area contributed by atoms with Gasteiger partial charge >= 0.3 is 0 Å². The standard InChI is InChI=1S/C19H18Cl3N3O4S/c1-28-17-4-3-12(7-18(17)29-2)5-6-25-11-13(10-23-25)24-30(26,27)19-9-15(21)14(20)8-16(19)22/h3-4,7-11,24H,5-6H2,1-2H3. The Bertz CT molecular complexity index is 1170. The normalized spacial score (nSPS) is 11.4. The van der Waals surface area contributed by atoms with Gasteiger partial charge < -0.3 is 9.47 Å². The molecule has 3 rings (SSSR count). The van der Waals surface area contributed by atoms with Crippen LogP contribution in [0.25, 0.3) is 0 Å². The Morgan fingerprint density at radius 3 is 2.40 bits per heavy atom. The van der Waals surface area contributed by atoms with Gasteiger partial charge in [0.05, 0.1) is 41.2 Å². The van der Waals surface area contributed by atoms with E-state index in [2.05, 4.69) is 9.82 Å². The van der Waals surface area contributed by atoms with Crippen molar-refractivity contribution in [1.29, 1.82) is 0 Å². The summed E-state index contributed by atoms with van der Waals surface area (Å²) in [7, 11) is -0.807. The van der Waals surface area contributed by atoms with Crippen molar-refractivity contribution in [2.75, 3.05) is 18.9 Å². The van der Waals surface area contributed by atoms with Gasteiger partial charge in [-0.1, -0.05) is 40.9 Å². The van der Waals surface area contributed by atoms with Crippen molar-refractivity contribution in [2.24, 2.45) is 0 Å². The zero-order chi connectivity index (χ0) is 21.9. The molecule has 0 amide bonds. The van der Waals surface area contributed by atoms with E-state index in [1.54, 1.807) is 25.1 Å². The van der Waals surface area contributed by atoms with E-state index in [0.717, 1.165) is 5.56 Å². The van der Waals surface area contributed by atoms with E-state index < -0.39 is 10.0 Å². The molecule has 0 saturated carbocycles. The van der Waals surface area contributed by atoms with E-state index in [1.165, 1.54) is 18.3 Å². The first-order chi connectivity index (χ1) is 14.2. The molecule has 0 aliphatic carbocycles. The van der Waals surface area contributed by atoms with Crippen molar-refractivity contribution in [1.82, 2.24) is 9.78 Å². The summed E-state index contributed by atoms with van der Waals surface area (Å²) in [5.74, 6) is 1.29. The molecule has 3 aromatic rings. The summed E-state index contributed by atoms with van der Waals surface area (Å²) in [6.45, 7) is 0.532. The third-order valence-corrected chi connectivity index (χ3v) is 6.80. The van der Waals surface area contributed by atoms with Crippen LogP contribution in [0.1, 0.15) is 5.56 Å². The maximum atomic E-state index is 12.6. The molecule has 160 valence electrons. The molecule has 0 atom stereocenters. The second-order valence-electron chi connectivity index (χ2n) is 6.23. The van der Waals surface area contributed by atoms with E-state index in [9.17, 15) is 8.42 Å². The van der Waals surface area contributed by atoms with Gasteiger partial charge in [0.15, 0.2) is 11.5 Å². The summed E-state index contributed by atoms with van der Waals surface area (Å²) in [6.07, 6.45) is 3.66. The molecule has 0 aliphatic rings. The van der Waals surface area contributed by atoms with Crippen LogP contribution in [-0.4, -0.2) is 32.4 Å². The second-order valence-corrected chi connectivity index (χ2v) is 9.11. The number of hydrogen-bond donors (Lipinski definition) is 1. The number of nitrogens with one attached hydrogen (secondary N) is 1. The second kappa shape index (κ2) is 9.34. The van der Waals surface area contributed by atoms with Crippen LogP contribution in [0.2, 0.25) is 15.1 Å². The number of sulfonamides is 1. The van der Waals surface area contributed by atoms with Gasteiger partial charge in [0.1, 0.15) is 4.90 Å². The Morgan fingerprint density at radius 1 is 1.00 bits per heavy atom. The number of hydrogen-bond acceptors (Lipinski definition) is 5. The number of aryl methyl sites for hydroxylation is 2. The number of anilines is 1. The quantitative estimate of drug-likeness (QED) is 0.454. The van der Waals surface area contributed by atoms with Gasteiger partial charge in [-0.25, -0.2) is 8.42 Å². The van der Waals surface area contributed by atoms with Gasteiger partial charge in [-0.2, -0.15) is 5.10 Å². The fourth-order valence-electron chi connectivity index (χ4n) is 2.74. The molecule has 0 unspecified atom stereocenters. The maximum absolute atomic E-state index is 12.6. The lowest BCUT2D eigenvalue weighted by atomic mass is 10.1. The molecule has 0 radical (unpaired) electrons. The number of rotatable bonds is 8. The highest BCUT2D eigenvalue weighted by Gasteiger charge is 2.21. The summed E-state index contributed by atoms with van der Waals surface area (Å²) in [5, 5.41) is 4.42. The average Bonchev–Trinajstić information content (AvgIpc) is 3.15. The lowest BCUT2D eigenvalue weighted by Crippen LogP contribution is -2.13. The molecule has 2 aromatic carbocycles. The topological polar surface area (TPSA) is 82.5 Å². The van der Waals surface area contributed by atoms with Crippen LogP contribution < -0.4 is 14.2 Å². The minimum atomic E-state index is -3.96. The number of nitrogens with zero attached hydrogens (tertiary/aromatic N) is 2. The highest BCUT2D eigenvalue weighted by atomic mass is 35.5. The predicted molar refractivity (Wildman–Crippen MR) is 118 cm³/mol. The first kappa shape index (κ1) is 22.6. The van der Waals surface area contributed by atoms with E-state index in [0.29, 0.717) is 30.2 Å². The molecule has 1 heterocycles. The number of methoxy groups -OCH3 is 2. The monoisotopic (exact) mass is 489 g/mol. The van der Waals surface area contributed by atoms with Crippen molar-refractivity contribution >= 4 is 50.5 Å². The number of halogens is 3. The van der Waals surface area contributed by atoms with Crippen LogP contribution in [0.15, 0.2) is 47.6 Å². The third-order valence-electron chi connectivity index (χ3n) is 4.23. The molecule has 0 spiro atoms. The maximum Gasteiger partial charge on any atom is 0.263 e. The van der Waals surface area contributed by atoms with Crippen LogP contribution >= 0.6 is 34.8 Å². The molecule has 7 nitrogen and oxygen atoms in total. The Morgan fingerprint density at radius 2 is 1.70 bits per heavy atom. The van der Waals surface area contributed by atoms with Crippen molar-refractivity contribution < 1.29 is 17.9 Å². The number of benzene rings is 2. The third kappa shape index (κ3) is 5.13. The van der Waals surface area contributed by atoms with Crippen molar-refractivity contribution in [3.05, 3.63) is 63.4 Å². The van der Waals surface area contributed by atoms with Crippen molar-refractivity contribution in [3.63, 3.8) is 0 Å². The summed E-state index contributed by atoms with van der Waals surface area (Å²) < 4.78 is 39.9. The SMILES string of the molecule is COc1ccc(CCn2cc(NS(=O)(=O)c3cc(Cl)c(Cl)cc3Cl)cn2)cc1OC. The molecule has 0 fully saturated rings. The fourth-order valence-corrected chi connectivity index (χ4v) is 4.77. The zero-order valence-corrected chi connectivity index (χ0v) is 19.1. The molecule has 11 heteroatoms. The van der Waals surface area contributed by atoms with Gasteiger partial charge in [-0.15, -0.1) is 0 Å². The van der Waals surface area contributed by atoms with Crippen LogP contribution in [0, 0.1) is 0 Å². The fraction of sp³-hybridized carbons (Fsp3) is 0.211. The number of ether oxygens (including phenoxy) is 2. The largest absolute Gasteiger partial charge is 0.493 e. The lowest BCUT2D eigenvalue weighted by Gasteiger charge is -2.10. The lowest BCUT2D eigenvalue weighted by molar-refractivity contribution is 0.354. The Balaban J connectivity index is 1.70. The molecule has 30 heavy (non-hydrogen) atoms. The highest BCUT2D eigenvalue weighted by molar-refractivity contribution is 7.92. The Hall–Kier alpha value is -2.13. The highest BCUT2D eigenvalue weighted by Crippen LogP contribution is 2.32. The Kier molecular flexibility index (Phi) is 7.02. The molecule has 0 saturated heterocycles. The van der Waals surface area contributed by atoms with E-state index >= 15 is 0 Å². The first-order valence-electron chi connectivity index (χ1n) is 8.64. The molecule has 1 aromatic heterocycles. The van der Waals surface area contributed by atoms with Crippen molar-refractivity contribution in [3.8, 4) is 11.5 Å². The van der Waals surface area contributed by atoms with Crippen LogP contribution in [0.3, 0.4) is 0 Å². The minimum Gasteiger partial charge on any atom is -0.493 e. The summed E-state index contributed by atoms with van der Waals surface area (Å²) in [4.78, 5) is -0.170. The van der Waals surface area contributed by atoms with E-state index in [4.69, 9.17) is 44.3 Å². The van der Waals surface area contributed by atoms with Crippen molar-refractivity contribution in [2.45, 2.75) is 17.9 Å². The molecule has 0 aliphatic heterocycles. The smallest absolute Gasteiger partial charge is 0.263 e. The van der Waals surface area contributed by atoms with Gasteiger partial charge in [0, 0.05) is 12.7 Å². The van der Waals surface area contributed by atoms with E-state index in [1.807, 2.05) is 18.2 Å². The first-order valence-corrected chi connectivity index (χ1v) is 11.3. The molecule has 1 N–H and O–H groups in total. The van der Waals surface area contributed by atoms with Gasteiger partial charge in [0.2, 0.25) is 0 Å². The molecular formula is C19H18Cl3N3O4S. The van der Waals surface area contributed by atoms with Gasteiger partial charge in [-0.05, 0) is 36.2 Å². The summed E-state index contributed by atoms with van der Waals surface area (Å²) in [6, 6.07) is 8.14. The molecular weight excluding hydrogens is 473 g/mol. The van der Waals surface area contributed by atoms with E-state index in [-0.39, 0.29) is 20.0 Å². The van der Waals surface area contributed by atoms with Crippen LogP contribution in [0.5, 0.6) is 11.5 Å². The van der Waals surface area contributed by atoms with Gasteiger partial charge in [0.25, 0.3) is 10.0 Å². The summed E-state index contributed by atoms with van der Waals surface area (Å²) in [5.41, 5.74) is 1.32. The minimum absolute atomic E-state index is 0.0299. The predicted octanol–water partition coefficient (Wildman–Crippen LogP) is 4.90. The summed E-state index contributed by atoms with van der Waals surface area (Å²) >= 11 is 17.8.